The Labute approximate surface area is 166 Å². The molecular formula is C17H16Cl2N2O5S. The topological polar surface area (TPSA) is 89.8 Å². The van der Waals surface area contributed by atoms with Gasteiger partial charge in [-0.05, 0) is 24.3 Å². The second-order valence-corrected chi connectivity index (χ2v) is 9.00. The van der Waals surface area contributed by atoms with E-state index in [0.29, 0.717) is 35.3 Å². The molecule has 0 saturated carbocycles. The average Bonchev–Trinajstić information content (AvgIpc) is 3.05. The van der Waals surface area contributed by atoms with E-state index in [-0.39, 0.29) is 16.7 Å². The molecule has 144 valence electrons. The number of rotatable bonds is 5. The first-order chi connectivity index (χ1) is 12.7. The number of anilines is 1. The fourth-order valence-electron chi connectivity index (χ4n) is 3.03. The summed E-state index contributed by atoms with van der Waals surface area (Å²) in [5, 5.41) is 12.3. The molecule has 0 radical (unpaired) electrons. The maximum Gasteiger partial charge on any atom is 0.311 e. The molecule has 2 aromatic carbocycles. The number of benzene rings is 2. The van der Waals surface area contributed by atoms with Crippen LogP contribution in [0.5, 0.6) is 5.75 Å². The van der Waals surface area contributed by atoms with Crippen LogP contribution >= 0.6 is 23.2 Å². The lowest BCUT2D eigenvalue weighted by atomic mass is 10.2. The molecule has 1 unspecified atom stereocenters. The number of sulfone groups is 1. The van der Waals surface area contributed by atoms with Crippen molar-refractivity contribution in [3.63, 3.8) is 0 Å². The highest BCUT2D eigenvalue weighted by molar-refractivity contribution is 7.90. The minimum atomic E-state index is -3.73. The van der Waals surface area contributed by atoms with Gasteiger partial charge in [0.05, 0.1) is 21.5 Å². The van der Waals surface area contributed by atoms with Crippen molar-refractivity contribution in [1.82, 2.24) is 0 Å². The first kappa shape index (κ1) is 19.7. The molecule has 1 aliphatic heterocycles. The van der Waals surface area contributed by atoms with Crippen molar-refractivity contribution in [1.29, 1.82) is 0 Å². The summed E-state index contributed by atoms with van der Waals surface area (Å²) in [7, 11) is -3.73. The van der Waals surface area contributed by atoms with Gasteiger partial charge in [0, 0.05) is 25.3 Å². The third kappa shape index (κ3) is 4.28. The predicted molar refractivity (Wildman–Crippen MR) is 104 cm³/mol. The van der Waals surface area contributed by atoms with Crippen LogP contribution in [-0.4, -0.2) is 38.8 Å². The zero-order valence-electron chi connectivity index (χ0n) is 14.3. The number of nitro groups is 1. The van der Waals surface area contributed by atoms with Crippen molar-refractivity contribution >= 4 is 44.4 Å². The second kappa shape index (κ2) is 7.53. The van der Waals surface area contributed by atoms with Gasteiger partial charge in [0.25, 0.3) is 0 Å². The molecule has 1 fully saturated rings. The highest BCUT2D eigenvalue weighted by Crippen LogP contribution is 2.37. The molecule has 1 aliphatic rings. The summed E-state index contributed by atoms with van der Waals surface area (Å²) in [6, 6.07) is 9.24. The third-order valence-corrected chi connectivity index (χ3v) is 6.11. The fourth-order valence-corrected chi connectivity index (χ4v) is 4.18. The Bertz CT molecular complexity index is 997. The Balaban J connectivity index is 1.84. The van der Waals surface area contributed by atoms with Crippen LogP contribution in [0.15, 0.2) is 41.3 Å². The van der Waals surface area contributed by atoms with Gasteiger partial charge in [-0.2, -0.15) is 0 Å². The molecule has 1 saturated heterocycles. The molecule has 0 bridgehead atoms. The van der Waals surface area contributed by atoms with Crippen molar-refractivity contribution in [2.75, 3.05) is 24.2 Å². The maximum absolute atomic E-state index is 11.9. The molecule has 3 rings (SSSR count). The molecular weight excluding hydrogens is 415 g/mol. The van der Waals surface area contributed by atoms with Gasteiger partial charge in [0.1, 0.15) is 22.4 Å². The SMILES string of the molecule is CS(=O)(=O)c1cccc(N2CCC(Oc3ccc(Cl)c(Cl)c3)C2)c1[N+](=O)[O-]. The lowest BCUT2D eigenvalue weighted by Crippen LogP contribution is -2.25. The summed E-state index contributed by atoms with van der Waals surface area (Å²) in [5.74, 6) is 0.552. The highest BCUT2D eigenvalue weighted by Gasteiger charge is 2.33. The van der Waals surface area contributed by atoms with Gasteiger partial charge in [-0.3, -0.25) is 10.1 Å². The number of hydrogen-bond donors (Lipinski definition) is 0. The lowest BCUT2D eigenvalue weighted by Gasteiger charge is -2.20. The van der Waals surface area contributed by atoms with Crippen LogP contribution in [0.3, 0.4) is 0 Å². The quantitative estimate of drug-likeness (QED) is 0.526. The molecule has 0 aromatic heterocycles. The number of ether oxygens (including phenoxy) is 1. The van der Waals surface area contributed by atoms with Gasteiger partial charge >= 0.3 is 5.69 Å². The molecule has 2 aromatic rings. The van der Waals surface area contributed by atoms with Crippen molar-refractivity contribution in [3.8, 4) is 5.75 Å². The molecule has 1 heterocycles. The van der Waals surface area contributed by atoms with Gasteiger partial charge in [0.15, 0.2) is 9.84 Å². The standard InChI is InChI=1S/C17H16Cl2N2O5S/c1-27(24,25)16-4-2-3-15(17(16)21(22)23)20-8-7-12(10-20)26-11-5-6-13(18)14(19)9-11/h2-6,9,12H,7-8,10H2,1H3. The molecule has 0 N–H and O–H groups in total. The van der Waals surface area contributed by atoms with E-state index in [1.807, 2.05) is 0 Å². The Morgan fingerprint density at radius 1 is 1.22 bits per heavy atom. The van der Waals surface area contributed by atoms with Crippen LogP contribution in [0, 0.1) is 10.1 Å². The summed E-state index contributed by atoms with van der Waals surface area (Å²) >= 11 is 11.9. The third-order valence-electron chi connectivity index (χ3n) is 4.24. The van der Waals surface area contributed by atoms with E-state index in [1.54, 1.807) is 29.2 Å². The average molecular weight is 431 g/mol. The summed E-state index contributed by atoms with van der Waals surface area (Å²) < 4.78 is 29.7. The Hall–Kier alpha value is -2.03. The number of halogens is 2. The lowest BCUT2D eigenvalue weighted by molar-refractivity contribution is -0.387. The Kier molecular flexibility index (Phi) is 5.50. The van der Waals surface area contributed by atoms with Gasteiger partial charge in [0.2, 0.25) is 0 Å². The molecule has 0 spiro atoms. The van der Waals surface area contributed by atoms with E-state index >= 15 is 0 Å². The van der Waals surface area contributed by atoms with Gasteiger partial charge in [-0.1, -0.05) is 29.3 Å². The number of hydrogen-bond acceptors (Lipinski definition) is 6. The summed E-state index contributed by atoms with van der Waals surface area (Å²) in [5.41, 5.74) is -0.140. The van der Waals surface area contributed by atoms with Crippen molar-refractivity contribution in [2.24, 2.45) is 0 Å². The first-order valence-electron chi connectivity index (χ1n) is 8.01. The van der Waals surface area contributed by atoms with Crippen LogP contribution in [-0.2, 0) is 9.84 Å². The smallest absolute Gasteiger partial charge is 0.311 e. The first-order valence-corrected chi connectivity index (χ1v) is 10.7. The Morgan fingerprint density at radius 3 is 2.59 bits per heavy atom. The van der Waals surface area contributed by atoms with Crippen molar-refractivity contribution in [2.45, 2.75) is 17.4 Å². The van der Waals surface area contributed by atoms with Gasteiger partial charge < -0.3 is 9.64 Å². The van der Waals surface area contributed by atoms with Crippen LogP contribution in [0.25, 0.3) is 0 Å². The monoisotopic (exact) mass is 430 g/mol. The normalized spacial score (nSPS) is 17.1. The summed E-state index contributed by atoms with van der Waals surface area (Å²) in [6.07, 6.45) is 1.36. The van der Waals surface area contributed by atoms with Crippen LogP contribution in [0.2, 0.25) is 10.0 Å². The predicted octanol–water partition coefficient (Wildman–Crippen LogP) is 3.96. The van der Waals surface area contributed by atoms with Crippen molar-refractivity contribution < 1.29 is 18.1 Å². The fraction of sp³-hybridized carbons (Fsp3) is 0.294. The number of para-hydroxylation sites is 1. The molecule has 0 aliphatic carbocycles. The summed E-state index contributed by atoms with van der Waals surface area (Å²) in [4.78, 5) is 12.4. The highest BCUT2D eigenvalue weighted by atomic mass is 35.5. The van der Waals surface area contributed by atoms with Gasteiger partial charge in [-0.25, -0.2) is 8.42 Å². The van der Waals surface area contributed by atoms with E-state index in [9.17, 15) is 18.5 Å². The molecule has 7 nitrogen and oxygen atoms in total. The van der Waals surface area contributed by atoms with Crippen LogP contribution in [0.1, 0.15) is 6.42 Å². The van der Waals surface area contributed by atoms with E-state index in [2.05, 4.69) is 0 Å². The minimum absolute atomic E-state index is 0.219. The maximum atomic E-state index is 11.9. The van der Waals surface area contributed by atoms with Crippen LogP contribution in [0.4, 0.5) is 11.4 Å². The largest absolute Gasteiger partial charge is 0.488 e. The second-order valence-electron chi connectivity index (χ2n) is 6.20. The summed E-state index contributed by atoms with van der Waals surface area (Å²) in [6.45, 7) is 0.883. The van der Waals surface area contributed by atoms with E-state index in [1.165, 1.54) is 12.1 Å². The van der Waals surface area contributed by atoms with Crippen LogP contribution < -0.4 is 9.64 Å². The zero-order valence-corrected chi connectivity index (χ0v) is 16.6. The Morgan fingerprint density at radius 2 is 1.96 bits per heavy atom. The van der Waals surface area contributed by atoms with Crippen molar-refractivity contribution in [3.05, 3.63) is 56.6 Å². The molecule has 10 heteroatoms. The minimum Gasteiger partial charge on any atom is -0.488 e. The molecule has 27 heavy (non-hydrogen) atoms. The van der Waals surface area contributed by atoms with E-state index < -0.39 is 20.4 Å². The van der Waals surface area contributed by atoms with E-state index in [4.69, 9.17) is 27.9 Å². The molecule has 0 amide bonds. The van der Waals surface area contributed by atoms with Gasteiger partial charge in [-0.15, -0.1) is 0 Å². The number of nitrogens with zero attached hydrogens (tertiary/aromatic N) is 2. The zero-order chi connectivity index (χ0) is 19.8. The number of nitro benzene ring substituents is 1. The molecule has 1 atom stereocenters. The van der Waals surface area contributed by atoms with E-state index in [0.717, 1.165) is 6.26 Å².